The molecule has 0 fully saturated rings. The molecule has 7 unspecified atom stereocenters. The second-order valence-corrected chi connectivity index (χ2v) is 34.7. The van der Waals surface area contributed by atoms with Gasteiger partial charge in [0.1, 0.15) is 0 Å². The predicted molar refractivity (Wildman–Crippen MR) is 239 cm³/mol. The Bertz CT molecular complexity index is 1130. The van der Waals surface area contributed by atoms with Gasteiger partial charge in [-0.1, -0.05) is 30.3 Å². The van der Waals surface area contributed by atoms with Crippen molar-refractivity contribution in [2.75, 3.05) is 65.9 Å². The van der Waals surface area contributed by atoms with Gasteiger partial charge in [-0.3, -0.25) is 0 Å². The first-order chi connectivity index (χ1) is 26.1. The van der Waals surface area contributed by atoms with Crippen LogP contribution in [0.25, 0.3) is 0 Å². The van der Waals surface area contributed by atoms with Crippen LogP contribution < -0.4 is 27.3 Å². The van der Waals surface area contributed by atoms with E-state index in [1.807, 2.05) is 45.9 Å². The van der Waals surface area contributed by atoms with Gasteiger partial charge in [0.2, 0.25) is 0 Å². The maximum absolute atomic E-state index is 10.5. The van der Waals surface area contributed by atoms with Crippen LogP contribution in [0.4, 0.5) is 0 Å². The molecule has 0 spiro atoms. The third-order valence-electron chi connectivity index (χ3n) is 8.03. The maximum Gasteiger partial charge on any atom is 0.506 e. The average molecular weight is 884 g/mol. The van der Waals surface area contributed by atoms with Gasteiger partial charge in [0.15, 0.2) is 26.4 Å². The molecule has 0 radical (unpaired) electrons. The van der Waals surface area contributed by atoms with Gasteiger partial charge in [0.05, 0.1) is 51.8 Å². The Morgan fingerprint density at radius 1 is 0.643 bits per heavy atom. The van der Waals surface area contributed by atoms with Gasteiger partial charge in [0, 0.05) is 55.7 Å². The second kappa shape index (κ2) is 28.3. The monoisotopic (exact) mass is 882 g/mol. The number of nitrogens with one attached hydrogen (secondary N) is 2. The molecule has 0 aromatic heterocycles. The zero-order chi connectivity index (χ0) is 42.3. The number of hydrogen-bond donors (Lipinski definition) is 6. The molecule has 0 bridgehead atoms. The van der Waals surface area contributed by atoms with Crippen LogP contribution in [0.3, 0.4) is 0 Å². The fraction of sp³-hybridized carbons (Fsp3) is 0.838. The van der Waals surface area contributed by atoms with Crippen molar-refractivity contribution in [3.05, 3.63) is 30.3 Å². The summed E-state index contributed by atoms with van der Waals surface area (Å²) in [5, 5.41) is 28.4. The van der Waals surface area contributed by atoms with Crippen molar-refractivity contribution in [3.63, 3.8) is 0 Å². The minimum Gasteiger partial charge on any atom is -0.437 e. The molecule has 1 aromatic carbocycles. The number of rotatable bonds is 35. The summed E-state index contributed by atoms with van der Waals surface area (Å²) in [6.45, 7) is 27.6. The van der Waals surface area contributed by atoms with Crippen LogP contribution in [-0.2, 0) is 35.4 Å². The van der Waals surface area contributed by atoms with Crippen LogP contribution in [0, 0.1) is 0 Å². The molecule has 7 atom stereocenters. The second-order valence-electron chi connectivity index (χ2n) is 17.3. The SMILES string of the molecule is CC(N)COCC(C)NCC(O)COCCC[SiH2]O[Si](O[Si](C)(C)CCCOCC(O)CNC(C)COCC(C)N)(O[Si](C)(C)O[Si](C)(C)C)c1ccccc1. The Labute approximate surface area is 346 Å². The minimum absolute atomic E-state index is 0.000519. The normalized spacial score (nSPS) is 17.5. The number of benzene rings is 1. The molecule has 330 valence electrons. The molecule has 0 aliphatic rings. The van der Waals surface area contributed by atoms with Crippen LogP contribution in [-0.4, -0.2) is 156 Å². The topological polar surface area (TPSA) is 190 Å². The first-order valence-electron chi connectivity index (χ1n) is 20.6. The van der Waals surface area contributed by atoms with E-state index in [2.05, 4.69) is 68.6 Å². The number of hydrogen-bond acceptors (Lipinski definition) is 14. The molecular formula is C37H82N4O10Si5. The van der Waals surface area contributed by atoms with Gasteiger partial charge < -0.3 is 67.7 Å². The Morgan fingerprint density at radius 3 is 1.62 bits per heavy atom. The summed E-state index contributed by atoms with van der Waals surface area (Å²) < 4.78 is 51.0. The highest BCUT2D eigenvalue weighted by atomic mass is 28.5. The highest BCUT2D eigenvalue weighted by Crippen LogP contribution is 2.27. The number of aliphatic hydroxyl groups is 2. The van der Waals surface area contributed by atoms with Crippen molar-refractivity contribution in [1.29, 1.82) is 0 Å². The molecule has 8 N–H and O–H groups in total. The molecule has 0 amide bonds. The lowest BCUT2D eigenvalue weighted by molar-refractivity contribution is 0.0328. The summed E-state index contributed by atoms with van der Waals surface area (Å²) in [6.07, 6.45) is 0.387. The zero-order valence-corrected chi connectivity index (χ0v) is 42.2. The lowest BCUT2D eigenvalue weighted by Gasteiger charge is -2.43. The van der Waals surface area contributed by atoms with Crippen LogP contribution in [0.1, 0.15) is 40.5 Å². The molecule has 0 saturated heterocycles. The van der Waals surface area contributed by atoms with Crippen molar-refractivity contribution < 1.29 is 45.6 Å². The van der Waals surface area contributed by atoms with Crippen molar-refractivity contribution in [2.24, 2.45) is 11.5 Å². The van der Waals surface area contributed by atoms with Crippen LogP contribution >= 0.6 is 0 Å². The number of nitrogens with two attached hydrogens (primary N) is 2. The molecule has 19 heteroatoms. The molecule has 14 nitrogen and oxygen atoms in total. The van der Waals surface area contributed by atoms with Crippen molar-refractivity contribution in [2.45, 2.75) is 135 Å². The largest absolute Gasteiger partial charge is 0.506 e. The van der Waals surface area contributed by atoms with E-state index in [0.717, 1.165) is 30.1 Å². The molecular weight excluding hydrogens is 801 g/mol. The van der Waals surface area contributed by atoms with Gasteiger partial charge in [-0.25, -0.2) is 0 Å². The summed E-state index contributed by atoms with van der Waals surface area (Å²) in [5.41, 5.74) is 11.5. The van der Waals surface area contributed by atoms with E-state index in [-0.39, 0.29) is 37.4 Å². The molecule has 0 saturated carbocycles. The predicted octanol–water partition coefficient (Wildman–Crippen LogP) is 2.36. The fourth-order valence-corrected chi connectivity index (χ4v) is 25.4. The zero-order valence-electron chi connectivity index (χ0n) is 36.8. The highest BCUT2D eigenvalue weighted by molar-refractivity contribution is 6.94. The lowest BCUT2D eigenvalue weighted by atomic mass is 10.3. The van der Waals surface area contributed by atoms with Crippen molar-refractivity contribution in [1.82, 2.24) is 10.6 Å². The van der Waals surface area contributed by atoms with Gasteiger partial charge in [-0.15, -0.1) is 0 Å². The van der Waals surface area contributed by atoms with Crippen molar-refractivity contribution in [3.8, 4) is 0 Å². The molecule has 1 aromatic rings. The Morgan fingerprint density at radius 2 is 1.14 bits per heavy atom. The van der Waals surface area contributed by atoms with E-state index in [0.29, 0.717) is 52.7 Å². The maximum atomic E-state index is 10.5. The van der Waals surface area contributed by atoms with Crippen LogP contribution in [0.15, 0.2) is 30.3 Å². The summed E-state index contributed by atoms with van der Waals surface area (Å²) >= 11 is 0. The Balaban J connectivity index is 2.80. The number of ether oxygens (including phenoxy) is 4. The first kappa shape index (κ1) is 53.8. The Hall–Kier alpha value is -0.256. The standard InChI is InChI=1S/C37H82N4O10Si5/c1-31(38)25-46-27-33(3)40-23-35(42)29-44-19-15-21-52-48-56(37-17-13-12-14-18-37,51-55(10,11)49-53(5,6)7)50-54(8,9)22-16-20-45-30-36(43)24-41-34(4)28-47-26-32(2)39/h12-14,17-18,31-36,40-43H,15-16,19-30,38-39,52H2,1-11H3. The van der Waals surface area contributed by atoms with Crippen molar-refractivity contribution >= 4 is 48.9 Å². The molecule has 0 aliphatic carbocycles. The molecule has 1 rings (SSSR count). The summed E-state index contributed by atoms with van der Waals surface area (Å²) in [7, 11) is -11.5. The van der Waals surface area contributed by atoms with Gasteiger partial charge in [-0.05, 0) is 98.5 Å². The van der Waals surface area contributed by atoms with E-state index >= 15 is 0 Å². The third kappa shape index (κ3) is 27.5. The average Bonchev–Trinajstić information content (AvgIpc) is 3.07. The van der Waals surface area contributed by atoms with E-state index < -0.39 is 56.0 Å². The summed E-state index contributed by atoms with van der Waals surface area (Å²) in [6, 6.07) is 12.1. The van der Waals surface area contributed by atoms with Crippen LogP contribution in [0.5, 0.6) is 0 Å². The van der Waals surface area contributed by atoms with Gasteiger partial charge in [-0.2, -0.15) is 0 Å². The van der Waals surface area contributed by atoms with E-state index in [1.165, 1.54) is 0 Å². The van der Waals surface area contributed by atoms with E-state index in [4.69, 9.17) is 46.9 Å². The highest BCUT2D eigenvalue weighted by Gasteiger charge is 2.52. The molecule has 56 heavy (non-hydrogen) atoms. The third-order valence-corrected chi connectivity index (χ3v) is 24.5. The first-order valence-corrected chi connectivity index (χ1v) is 33.2. The quantitative estimate of drug-likeness (QED) is 0.0431. The lowest BCUT2D eigenvalue weighted by Crippen LogP contribution is -2.67. The van der Waals surface area contributed by atoms with Gasteiger partial charge in [0.25, 0.3) is 0 Å². The summed E-state index contributed by atoms with van der Waals surface area (Å²) in [4.78, 5) is 0. The van der Waals surface area contributed by atoms with E-state index in [1.54, 1.807) is 0 Å². The summed E-state index contributed by atoms with van der Waals surface area (Å²) in [5.74, 6) is 0. The number of aliphatic hydroxyl groups excluding tert-OH is 2. The van der Waals surface area contributed by atoms with Crippen LogP contribution in [0.2, 0.25) is 57.9 Å². The fourth-order valence-electron chi connectivity index (χ4n) is 5.74. The smallest absolute Gasteiger partial charge is 0.437 e. The molecule has 0 aliphatic heterocycles. The van der Waals surface area contributed by atoms with E-state index in [9.17, 15) is 10.2 Å². The van der Waals surface area contributed by atoms with Gasteiger partial charge >= 0.3 is 17.4 Å². The minimum atomic E-state index is -3.42. The molecule has 0 heterocycles. The Kier molecular flexibility index (Phi) is 27.2.